The summed E-state index contributed by atoms with van der Waals surface area (Å²) in [5.41, 5.74) is 1.13. The number of carbonyl (C=O) groups excluding carboxylic acids is 1. The first-order valence-electron chi connectivity index (χ1n) is 5.94. The van der Waals surface area contributed by atoms with Gasteiger partial charge in [-0.1, -0.05) is 6.07 Å². The molecule has 0 aromatic heterocycles. The zero-order valence-electron chi connectivity index (χ0n) is 10.5. The molecule has 0 bridgehead atoms. The van der Waals surface area contributed by atoms with Crippen LogP contribution >= 0.6 is 0 Å². The Kier molecular flexibility index (Phi) is 3.93. The molecule has 0 radical (unpaired) electrons. The van der Waals surface area contributed by atoms with Crippen molar-refractivity contribution in [2.75, 3.05) is 25.6 Å². The van der Waals surface area contributed by atoms with Gasteiger partial charge in [-0.3, -0.25) is 4.79 Å². The number of likely N-dealkylation sites (N-methyl/N-ethyl adjacent to an activating group) is 1. The largest absolute Gasteiger partial charge is 0.379 e. The number of halogens is 1. The summed E-state index contributed by atoms with van der Waals surface area (Å²) < 4.78 is 18.8. The lowest BCUT2D eigenvalue weighted by molar-refractivity contribution is -0.120. The first-order chi connectivity index (χ1) is 8.61. The molecule has 1 saturated heterocycles. The van der Waals surface area contributed by atoms with Crippen LogP contribution in [0.25, 0.3) is 0 Å². The molecule has 1 aliphatic rings. The van der Waals surface area contributed by atoms with Crippen LogP contribution in [-0.4, -0.2) is 32.2 Å². The van der Waals surface area contributed by atoms with Gasteiger partial charge in [-0.25, -0.2) is 4.39 Å². The highest BCUT2D eigenvalue weighted by molar-refractivity contribution is 5.93. The molecule has 1 fully saturated rings. The molecule has 0 aliphatic carbocycles. The SMILES string of the molecule is CNC1COCC1C(=O)Nc1cc(C)ccc1F. The number of anilines is 1. The lowest BCUT2D eigenvalue weighted by atomic mass is 10.0. The highest BCUT2D eigenvalue weighted by Crippen LogP contribution is 2.19. The van der Waals surface area contributed by atoms with Gasteiger partial charge in [0.2, 0.25) is 5.91 Å². The third-order valence-electron chi connectivity index (χ3n) is 3.17. The van der Waals surface area contributed by atoms with Gasteiger partial charge in [0.25, 0.3) is 0 Å². The summed E-state index contributed by atoms with van der Waals surface area (Å²) in [5.74, 6) is -0.917. The number of hydrogen-bond acceptors (Lipinski definition) is 3. The Labute approximate surface area is 106 Å². The summed E-state index contributed by atoms with van der Waals surface area (Å²) in [6.45, 7) is 2.72. The maximum Gasteiger partial charge on any atom is 0.231 e. The van der Waals surface area contributed by atoms with Crippen LogP contribution in [0.1, 0.15) is 5.56 Å². The fourth-order valence-electron chi connectivity index (χ4n) is 2.06. The van der Waals surface area contributed by atoms with Gasteiger partial charge in [-0.2, -0.15) is 0 Å². The zero-order valence-corrected chi connectivity index (χ0v) is 10.5. The molecule has 2 atom stereocenters. The fourth-order valence-corrected chi connectivity index (χ4v) is 2.06. The Hall–Kier alpha value is -1.46. The zero-order chi connectivity index (χ0) is 13.1. The molecule has 98 valence electrons. The fraction of sp³-hybridized carbons (Fsp3) is 0.462. The van der Waals surface area contributed by atoms with Crippen molar-refractivity contribution in [2.45, 2.75) is 13.0 Å². The van der Waals surface area contributed by atoms with Gasteiger partial charge in [0.05, 0.1) is 24.8 Å². The van der Waals surface area contributed by atoms with Crippen molar-refractivity contribution in [3.8, 4) is 0 Å². The van der Waals surface area contributed by atoms with E-state index in [1.165, 1.54) is 6.07 Å². The van der Waals surface area contributed by atoms with Gasteiger partial charge in [-0.05, 0) is 31.7 Å². The standard InChI is InChI=1S/C13H17FN2O2/c1-8-3-4-10(14)11(5-8)16-13(17)9-6-18-7-12(9)15-2/h3-5,9,12,15H,6-7H2,1-2H3,(H,16,17). The second-order valence-electron chi connectivity index (χ2n) is 4.51. The molecule has 0 spiro atoms. The molecule has 4 nitrogen and oxygen atoms in total. The lowest BCUT2D eigenvalue weighted by Crippen LogP contribution is -2.39. The summed E-state index contributed by atoms with van der Waals surface area (Å²) in [6, 6.07) is 4.63. The van der Waals surface area contributed by atoms with Crippen LogP contribution in [0.4, 0.5) is 10.1 Å². The number of nitrogens with one attached hydrogen (secondary N) is 2. The van der Waals surface area contributed by atoms with Crippen LogP contribution < -0.4 is 10.6 Å². The van der Waals surface area contributed by atoms with Crippen LogP contribution in [0.3, 0.4) is 0 Å². The van der Waals surface area contributed by atoms with Crippen molar-refractivity contribution < 1.29 is 13.9 Å². The minimum absolute atomic E-state index is 0.0159. The summed E-state index contributed by atoms with van der Waals surface area (Å²) in [7, 11) is 1.78. The van der Waals surface area contributed by atoms with E-state index in [1.807, 2.05) is 6.92 Å². The van der Waals surface area contributed by atoms with Gasteiger partial charge in [0.1, 0.15) is 5.82 Å². The van der Waals surface area contributed by atoms with Crippen molar-refractivity contribution in [1.29, 1.82) is 0 Å². The Morgan fingerprint density at radius 2 is 2.22 bits per heavy atom. The van der Waals surface area contributed by atoms with Crippen LogP contribution in [0.15, 0.2) is 18.2 Å². The molecule has 2 N–H and O–H groups in total. The van der Waals surface area contributed by atoms with Crippen LogP contribution in [-0.2, 0) is 9.53 Å². The predicted molar refractivity (Wildman–Crippen MR) is 66.9 cm³/mol. The van der Waals surface area contributed by atoms with Crippen LogP contribution in [0.2, 0.25) is 0 Å². The minimum Gasteiger partial charge on any atom is -0.379 e. The number of amides is 1. The highest BCUT2D eigenvalue weighted by atomic mass is 19.1. The Bertz CT molecular complexity index is 451. The molecule has 1 heterocycles. The Balaban J connectivity index is 2.09. The lowest BCUT2D eigenvalue weighted by Gasteiger charge is -2.16. The van der Waals surface area contributed by atoms with E-state index >= 15 is 0 Å². The van der Waals surface area contributed by atoms with E-state index in [4.69, 9.17) is 4.74 Å². The van der Waals surface area contributed by atoms with Crippen LogP contribution in [0.5, 0.6) is 0 Å². The van der Waals surface area contributed by atoms with Crippen LogP contribution in [0, 0.1) is 18.7 Å². The molecule has 1 aromatic carbocycles. The van der Waals surface area contributed by atoms with Crippen molar-refractivity contribution in [2.24, 2.45) is 5.92 Å². The summed E-state index contributed by atoms with van der Waals surface area (Å²) in [4.78, 5) is 12.0. The number of carbonyl (C=O) groups is 1. The maximum absolute atomic E-state index is 13.5. The minimum atomic E-state index is -0.422. The van der Waals surface area contributed by atoms with Gasteiger partial charge in [0, 0.05) is 6.04 Å². The summed E-state index contributed by atoms with van der Waals surface area (Å²) in [5, 5.41) is 5.65. The average molecular weight is 252 g/mol. The Morgan fingerprint density at radius 3 is 2.94 bits per heavy atom. The third-order valence-corrected chi connectivity index (χ3v) is 3.17. The molecular weight excluding hydrogens is 235 g/mol. The quantitative estimate of drug-likeness (QED) is 0.852. The number of hydrogen-bond donors (Lipinski definition) is 2. The van der Waals surface area contributed by atoms with E-state index < -0.39 is 5.82 Å². The second kappa shape index (κ2) is 5.46. The predicted octanol–water partition coefficient (Wildman–Crippen LogP) is 1.31. The smallest absolute Gasteiger partial charge is 0.231 e. The molecule has 5 heteroatoms. The van der Waals surface area contributed by atoms with E-state index in [0.717, 1.165) is 5.56 Å². The first-order valence-corrected chi connectivity index (χ1v) is 5.94. The van der Waals surface area contributed by atoms with E-state index in [9.17, 15) is 9.18 Å². The van der Waals surface area contributed by atoms with E-state index in [-0.39, 0.29) is 23.6 Å². The molecule has 1 aromatic rings. The van der Waals surface area contributed by atoms with E-state index in [0.29, 0.717) is 13.2 Å². The molecule has 1 amide bonds. The number of benzene rings is 1. The molecule has 1 aliphatic heterocycles. The summed E-state index contributed by atoms with van der Waals surface area (Å²) >= 11 is 0. The average Bonchev–Trinajstić information content (AvgIpc) is 2.82. The van der Waals surface area contributed by atoms with Crippen molar-refractivity contribution >= 4 is 11.6 Å². The molecule has 2 rings (SSSR count). The van der Waals surface area contributed by atoms with Crippen molar-refractivity contribution in [1.82, 2.24) is 5.32 Å². The second-order valence-corrected chi connectivity index (χ2v) is 4.51. The first kappa shape index (κ1) is 13.0. The van der Waals surface area contributed by atoms with Crippen molar-refractivity contribution in [3.05, 3.63) is 29.6 Å². The number of rotatable bonds is 3. The van der Waals surface area contributed by atoms with Gasteiger partial charge in [-0.15, -0.1) is 0 Å². The molecular formula is C13H17FN2O2. The van der Waals surface area contributed by atoms with Gasteiger partial charge < -0.3 is 15.4 Å². The maximum atomic E-state index is 13.5. The highest BCUT2D eigenvalue weighted by Gasteiger charge is 2.33. The summed E-state index contributed by atoms with van der Waals surface area (Å²) in [6.07, 6.45) is 0. The van der Waals surface area contributed by atoms with Gasteiger partial charge >= 0.3 is 0 Å². The number of aryl methyl sites for hydroxylation is 1. The van der Waals surface area contributed by atoms with Gasteiger partial charge in [0.15, 0.2) is 0 Å². The topological polar surface area (TPSA) is 50.4 Å². The molecule has 2 unspecified atom stereocenters. The van der Waals surface area contributed by atoms with E-state index in [2.05, 4.69) is 10.6 Å². The van der Waals surface area contributed by atoms with E-state index in [1.54, 1.807) is 19.2 Å². The van der Waals surface area contributed by atoms with Crippen molar-refractivity contribution in [3.63, 3.8) is 0 Å². The normalized spacial score (nSPS) is 23.1. The third kappa shape index (κ3) is 2.68. The Morgan fingerprint density at radius 1 is 1.44 bits per heavy atom. The monoisotopic (exact) mass is 252 g/mol. The molecule has 18 heavy (non-hydrogen) atoms. The molecule has 0 saturated carbocycles. The number of ether oxygens (including phenoxy) is 1.